The van der Waals surface area contributed by atoms with Crippen LogP contribution in [0.2, 0.25) is 0 Å². The van der Waals surface area contributed by atoms with Crippen molar-refractivity contribution in [2.45, 2.75) is 84.3 Å². The molecule has 1 aliphatic rings. The van der Waals surface area contributed by atoms with Crippen LogP contribution in [0.4, 0.5) is 0 Å². The normalized spacial score (nSPS) is 16.1. The third-order valence-corrected chi connectivity index (χ3v) is 6.86. The molecule has 1 aliphatic carbocycles. The number of nitrogens with one attached hydrogen (secondary N) is 1. The van der Waals surface area contributed by atoms with Gasteiger partial charge in [-0.25, -0.2) is 4.79 Å². The van der Waals surface area contributed by atoms with Gasteiger partial charge in [0.2, 0.25) is 0 Å². The number of aromatic nitrogens is 1. The highest BCUT2D eigenvalue weighted by atomic mass is 32.2. The molecular formula is C22H35NO3S. The van der Waals surface area contributed by atoms with Crippen LogP contribution in [0.1, 0.15) is 98.3 Å². The molecule has 2 rings (SSSR count). The van der Waals surface area contributed by atoms with E-state index in [-0.39, 0.29) is 5.78 Å². The first kappa shape index (κ1) is 22.1. The Labute approximate surface area is 168 Å². The van der Waals surface area contributed by atoms with E-state index >= 15 is 0 Å². The molecule has 0 aliphatic heterocycles. The summed E-state index contributed by atoms with van der Waals surface area (Å²) in [4.78, 5) is 29.3. The summed E-state index contributed by atoms with van der Waals surface area (Å²) in [6.45, 7) is 8.27. The summed E-state index contributed by atoms with van der Waals surface area (Å²) in [5, 5.41) is 0.469. The molecule has 1 aromatic heterocycles. The average molecular weight is 394 g/mol. The molecule has 152 valence electrons. The summed E-state index contributed by atoms with van der Waals surface area (Å²) in [5.41, 5.74) is 2.54. The fraction of sp³-hybridized carbons (Fsp3) is 0.727. The molecule has 0 fully saturated rings. The number of Topliss-reactive ketones (excluding diaryl/α,β-unsaturated/α-hetero) is 1. The van der Waals surface area contributed by atoms with Gasteiger partial charge in [-0.1, -0.05) is 53.4 Å². The van der Waals surface area contributed by atoms with Crippen LogP contribution in [0.5, 0.6) is 0 Å². The summed E-state index contributed by atoms with van der Waals surface area (Å²) in [6.07, 6.45) is 8.81. The van der Waals surface area contributed by atoms with Crippen LogP contribution in [0.15, 0.2) is 0 Å². The first-order chi connectivity index (χ1) is 12.8. The number of aryl methyl sites for hydroxylation is 1. The molecule has 0 atom stereocenters. The van der Waals surface area contributed by atoms with E-state index < -0.39 is 11.4 Å². The number of hydrogen-bond acceptors (Lipinski definition) is 4. The summed E-state index contributed by atoms with van der Waals surface area (Å²) >= 11 is 1.79. The number of esters is 1. The molecule has 1 N–H and O–H groups in total. The monoisotopic (exact) mass is 393 g/mol. The number of ether oxygens (including phenoxy) is 1. The van der Waals surface area contributed by atoms with Gasteiger partial charge in [0.05, 0.1) is 12.7 Å². The number of carbonyl (C=O) groups excluding carboxylic acids is 2. The van der Waals surface area contributed by atoms with Crippen molar-refractivity contribution in [3.05, 3.63) is 22.5 Å². The lowest BCUT2D eigenvalue weighted by Gasteiger charge is -2.24. The Balaban J connectivity index is 2.46. The van der Waals surface area contributed by atoms with E-state index in [0.717, 1.165) is 42.7 Å². The first-order valence-corrected chi connectivity index (χ1v) is 11.3. The van der Waals surface area contributed by atoms with E-state index in [2.05, 4.69) is 18.8 Å². The zero-order valence-electron chi connectivity index (χ0n) is 17.6. The number of carbonyl (C=O) groups is 2. The zero-order valence-corrected chi connectivity index (χ0v) is 18.4. The fourth-order valence-electron chi connectivity index (χ4n) is 3.68. The molecule has 0 radical (unpaired) electrons. The van der Waals surface area contributed by atoms with Gasteiger partial charge >= 0.3 is 5.97 Å². The molecule has 0 spiro atoms. The van der Waals surface area contributed by atoms with Crippen LogP contribution in [-0.4, -0.2) is 34.8 Å². The third-order valence-electron chi connectivity index (χ3n) is 5.30. The van der Waals surface area contributed by atoms with Gasteiger partial charge in [-0.2, -0.15) is 11.8 Å². The van der Waals surface area contributed by atoms with Crippen molar-refractivity contribution in [2.75, 3.05) is 12.9 Å². The summed E-state index contributed by atoms with van der Waals surface area (Å²) < 4.78 is 5.00. The molecule has 1 aromatic rings. The van der Waals surface area contributed by atoms with Gasteiger partial charge in [0.15, 0.2) is 5.78 Å². The maximum absolute atomic E-state index is 13.6. The Bertz CT molecular complexity index is 661. The molecule has 0 saturated carbocycles. The second-order valence-electron chi connectivity index (χ2n) is 8.52. The number of methoxy groups -OCH3 is 1. The van der Waals surface area contributed by atoms with Gasteiger partial charge < -0.3 is 9.72 Å². The minimum atomic E-state index is -0.525. The second-order valence-corrected chi connectivity index (χ2v) is 10.1. The third kappa shape index (κ3) is 5.63. The van der Waals surface area contributed by atoms with Gasteiger partial charge in [-0.3, -0.25) is 4.79 Å². The van der Waals surface area contributed by atoms with E-state index in [0.29, 0.717) is 16.5 Å². The highest BCUT2D eigenvalue weighted by molar-refractivity contribution is 7.99. The number of ketones is 1. The van der Waals surface area contributed by atoms with E-state index in [1.165, 1.54) is 32.8 Å². The molecule has 4 nitrogen and oxygen atoms in total. The molecule has 0 amide bonds. The van der Waals surface area contributed by atoms with Gasteiger partial charge in [0, 0.05) is 16.9 Å². The van der Waals surface area contributed by atoms with Crippen molar-refractivity contribution in [3.8, 4) is 0 Å². The van der Waals surface area contributed by atoms with E-state index in [4.69, 9.17) is 4.74 Å². The van der Waals surface area contributed by atoms with Gasteiger partial charge in [-0.15, -0.1) is 0 Å². The quantitative estimate of drug-likeness (QED) is 0.505. The van der Waals surface area contributed by atoms with Gasteiger partial charge in [-0.05, 0) is 36.5 Å². The number of rotatable bonds is 6. The predicted octanol–water partition coefficient (Wildman–Crippen LogP) is 5.59. The van der Waals surface area contributed by atoms with Crippen molar-refractivity contribution in [1.29, 1.82) is 0 Å². The smallest absolute Gasteiger partial charge is 0.355 e. The molecule has 1 heterocycles. The topological polar surface area (TPSA) is 59.2 Å². The van der Waals surface area contributed by atoms with E-state index in [9.17, 15) is 9.59 Å². The van der Waals surface area contributed by atoms with Crippen LogP contribution in [0, 0.1) is 5.41 Å². The van der Waals surface area contributed by atoms with Crippen molar-refractivity contribution < 1.29 is 14.3 Å². The second kappa shape index (κ2) is 9.81. The van der Waals surface area contributed by atoms with Crippen molar-refractivity contribution in [3.63, 3.8) is 0 Å². The lowest BCUT2D eigenvalue weighted by molar-refractivity contribution is 0.0588. The summed E-state index contributed by atoms with van der Waals surface area (Å²) in [7, 11) is 1.38. The molecule has 0 aromatic carbocycles. The van der Waals surface area contributed by atoms with Crippen LogP contribution >= 0.6 is 11.8 Å². The van der Waals surface area contributed by atoms with Crippen LogP contribution in [0.3, 0.4) is 0 Å². The molecule has 0 saturated heterocycles. The van der Waals surface area contributed by atoms with Crippen molar-refractivity contribution in [2.24, 2.45) is 5.41 Å². The first-order valence-electron chi connectivity index (χ1n) is 10.3. The lowest BCUT2D eigenvalue weighted by atomic mass is 9.83. The van der Waals surface area contributed by atoms with Crippen LogP contribution < -0.4 is 0 Å². The largest absolute Gasteiger partial charge is 0.464 e. The van der Waals surface area contributed by atoms with Crippen molar-refractivity contribution in [1.82, 2.24) is 4.98 Å². The molecule has 27 heavy (non-hydrogen) atoms. The number of thioether (sulfide) groups is 1. The Morgan fingerprint density at radius 2 is 1.67 bits per heavy atom. The van der Waals surface area contributed by atoms with Crippen LogP contribution in [-0.2, 0) is 17.6 Å². The highest BCUT2D eigenvalue weighted by Crippen LogP contribution is 2.34. The Hall–Kier alpha value is -1.23. The maximum atomic E-state index is 13.6. The molecule has 5 heteroatoms. The standard InChI is InChI=1S/C22H35NO3S/c1-15(2)27-14-22(3,4)20(24)18-16-12-10-8-6-7-9-11-13-17(16)23-19(18)21(25)26-5/h15,23H,6-14H2,1-5H3. The summed E-state index contributed by atoms with van der Waals surface area (Å²) in [6, 6.07) is 0. The SMILES string of the molecule is COC(=O)c1[nH]c2c(c1C(=O)C(C)(C)CSC(C)C)CCCCCCCC2. The Morgan fingerprint density at radius 1 is 1.07 bits per heavy atom. The maximum Gasteiger partial charge on any atom is 0.355 e. The predicted molar refractivity (Wildman–Crippen MR) is 113 cm³/mol. The van der Waals surface area contributed by atoms with Gasteiger partial charge in [0.1, 0.15) is 5.69 Å². The molecular weight excluding hydrogens is 358 g/mol. The van der Waals surface area contributed by atoms with E-state index in [1.807, 2.05) is 13.8 Å². The minimum absolute atomic E-state index is 0.0607. The minimum Gasteiger partial charge on any atom is -0.464 e. The number of aromatic amines is 1. The molecule has 0 unspecified atom stereocenters. The van der Waals surface area contributed by atoms with E-state index in [1.54, 1.807) is 11.8 Å². The number of hydrogen-bond donors (Lipinski definition) is 1. The summed E-state index contributed by atoms with van der Waals surface area (Å²) in [5.74, 6) is 0.364. The fourth-order valence-corrected chi connectivity index (χ4v) is 4.56. The lowest BCUT2D eigenvalue weighted by Crippen LogP contribution is -2.29. The molecule has 0 bridgehead atoms. The van der Waals surface area contributed by atoms with Crippen molar-refractivity contribution >= 4 is 23.5 Å². The van der Waals surface area contributed by atoms with Gasteiger partial charge in [0.25, 0.3) is 0 Å². The number of H-pyrrole nitrogens is 1. The number of fused-ring (bicyclic) bond motifs is 1. The average Bonchev–Trinajstić information content (AvgIpc) is 3.00. The highest BCUT2D eigenvalue weighted by Gasteiger charge is 2.36. The van der Waals surface area contributed by atoms with Crippen LogP contribution in [0.25, 0.3) is 0 Å². The zero-order chi connectivity index (χ0) is 20.0. The Kier molecular flexibility index (Phi) is 8.02. The Morgan fingerprint density at radius 3 is 2.26 bits per heavy atom.